The summed E-state index contributed by atoms with van der Waals surface area (Å²) in [5.41, 5.74) is 0. The van der Waals surface area contributed by atoms with Crippen molar-refractivity contribution in [3.05, 3.63) is 0 Å². The molecule has 0 N–H and O–H groups in total. The number of terminal acetylenes is 1. The van der Waals surface area contributed by atoms with Crippen LogP contribution in [0.2, 0.25) is 0 Å². The molecule has 222 valence electrons. The summed E-state index contributed by atoms with van der Waals surface area (Å²) in [6, 6.07) is 0. The third-order valence-electron chi connectivity index (χ3n) is 5.21. The van der Waals surface area contributed by atoms with Crippen LogP contribution in [0.25, 0.3) is 0 Å². The second-order valence-corrected chi connectivity index (χ2v) is 9.89. The van der Waals surface area contributed by atoms with Crippen LogP contribution >= 0.6 is 7.82 Å². The maximum absolute atomic E-state index is 12.2. The first kappa shape index (κ1) is 46.4. The zero-order valence-electron chi connectivity index (χ0n) is 26.0. The summed E-state index contributed by atoms with van der Waals surface area (Å²) < 4.78 is 25.0. The van der Waals surface area contributed by atoms with Gasteiger partial charge >= 0.3 is 71.1 Å². The summed E-state index contributed by atoms with van der Waals surface area (Å²) >= 11 is 0. The predicted molar refractivity (Wildman–Crippen MR) is 156 cm³/mol. The fourth-order valence-corrected chi connectivity index (χ4v) is 3.60. The normalized spacial score (nSPS) is 9.41. The third kappa shape index (κ3) is 36.2. The van der Waals surface area contributed by atoms with Crippen molar-refractivity contribution in [3.63, 3.8) is 0 Å². The van der Waals surface area contributed by atoms with Gasteiger partial charge in [-0.05, 0) is 77.5 Å². The van der Waals surface area contributed by atoms with Crippen LogP contribution in [0.1, 0.15) is 90.4 Å². The first-order chi connectivity index (χ1) is 20.3. The molecule has 11 heteroatoms. The molecule has 0 fully saturated rings. The van der Waals surface area contributed by atoms with Gasteiger partial charge in [-0.2, -0.15) is 0 Å². The van der Waals surface area contributed by atoms with Crippen molar-refractivity contribution in [3.8, 4) is 83.4 Å². The zero-order chi connectivity index (χ0) is 31.2. The molecule has 44 heavy (non-hydrogen) atoms. The van der Waals surface area contributed by atoms with Crippen LogP contribution in [-0.2, 0) is 28.2 Å². The standard InChI is InChI=1S/C33H37O8P.2Na/c1-3-5-7-9-11-13-15-17-19-21-23-25-27-32(34)39-29-31(30-40-42(36,37)38)41-33(35)28-26-24-22-20-18-16-14-12-10-8-6-4-2;;/h1,31H,4,6,8,10,12,14,16,18,20,22,24,26,28-30H2,2H3,(H2,36,37,38);;/q;2*+1/p-2/t31-;;/m0../s1. The monoisotopic (exact) mass is 636 g/mol. The largest absolute Gasteiger partial charge is 1.00 e. The van der Waals surface area contributed by atoms with E-state index in [2.05, 4.69) is 88.4 Å². The summed E-state index contributed by atoms with van der Waals surface area (Å²) in [6.07, 6.45) is 17.4. The van der Waals surface area contributed by atoms with E-state index in [1.54, 1.807) is 0 Å². The van der Waals surface area contributed by atoms with Gasteiger partial charge in [-0.15, -0.1) is 6.42 Å². The Morgan fingerprint density at radius 3 is 1.57 bits per heavy atom. The van der Waals surface area contributed by atoms with E-state index in [0.29, 0.717) is 6.42 Å². The van der Waals surface area contributed by atoms with E-state index < -0.39 is 39.1 Å². The van der Waals surface area contributed by atoms with Crippen molar-refractivity contribution in [1.82, 2.24) is 0 Å². The van der Waals surface area contributed by atoms with E-state index in [4.69, 9.17) is 15.9 Å². The van der Waals surface area contributed by atoms with E-state index >= 15 is 0 Å². The second-order valence-electron chi connectivity index (χ2n) is 8.74. The molecule has 0 aromatic carbocycles. The van der Waals surface area contributed by atoms with Crippen molar-refractivity contribution in [2.45, 2.75) is 96.5 Å². The van der Waals surface area contributed by atoms with Crippen LogP contribution in [0.3, 0.4) is 0 Å². The van der Waals surface area contributed by atoms with E-state index in [0.717, 1.165) is 19.3 Å². The van der Waals surface area contributed by atoms with Crippen LogP contribution in [0, 0.1) is 83.4 Å². The van der Waals surface area contributed by atoms with Crippen molar-refractivity contribution in [1.29, 1.82) is 0 Å². The Kier molecular flexibility index (Phi) is 35.7. The van der Waals surface area contributed by atoms with Crippen LogP contribution < -0.4 is 68.9 Å². The number of ether oxygens (including phenoxy) is 2. The van der Waals surface area contributed by atoms with Gasteiger partial charge in [0.05, 0.1) is 14.4 Å². The number of phosphoric ester groups is 1. The molecule has 0 unspecified atom stereocenters. The number of hydrogen-bond acceptors (Lipinski definition) is 8. The van der Waals surface area contributed by atoms with Crippen LogP contribution in [-0.4, -0.2) is 31.3 Å². The average molecular weight is 637 g/mol. The Labute approximate surface area is 307 Å². The Morgan fingerprint density at radius 2 is 1.11 bits per heavy atom. The number of hydrogen-bond donors (Lipinski definition) is 0. The number of phosphoric acid groups is 1. The van der Waals surface area contributed by atoms with Gasteiger partial charge in [0.15, 0.2) is 6.10 Å². The van der Waals surface area contributed by atoms with E-state index in [1.165, 1.54) is 51.4 Å². The number of carbonyl (C=O) groups is 2. The summed E-state index contributed by atoms with van der Waals surface area (Å²) in [4.78, 5) is 45.6. The minimum absolute atomic E-state index is 0. The van der Waals surface area contributed by atoms with Crippen LogP contribution in [0.15, 0.2) is 0 Å². The molecule has 0 aliphatic heterocycles. The van der Waals surface area contributed by atoms with Crippen molar-refractivity contribution >= 4 is 19.8 Å². The minimum atomic E-state index is -5.32. The molecule has 8 nitrogen and oxygen atoms in total. The Morgan fingerprint density at radius 1 is 0.682 bits per heavy atom. The SMILES string of the molecule is C#CC#CC#CC#CC#CC#CC#CC(=O)OC[C@@H](COP(=O)([O-])[O-])OC(=O)CCCCCCCCCCCCCC.[Na+].[Na+]. The minimum Gasteiger partial charge on any atom is -0.790 e. The van der Waals surface area contributed by atoms with Crippen LogP contribution in [0.5, 0.6) is 0 Å². The number of esters is 2. The molecule has 0 rings (SSSR count). The molecule has 0 aromatic heterocycles. The van der Waals surface area contributed by atoms with E-state index in [9.17, 15) is 23.9 Å². The number of carbonyl (C=O) groups excluding carboxylic acids is 2. The smallest absolute Gasteiger partial charge is 0.790 e. The molecule has 0 saturated heterocycles. The quantitative estimate of drug-likeness (QED) is 0.0368. The molecule has 1 atom stereocenters. The topological polar surface area (TPSA) is 125 Å². The number of unbranched alkanes of at least 4 members (excludes halogenated alkanes) is 11. The first-order valence-electron chi connectivity index (χ1n) is 13.8. The number of rotatable bonds is 19. The van der Waals surface area contributed by atoms with Gasteiger partial charge in [0.25, 0.3) is 0 Å². The van der Waals surface area contributed by atoms with Crippen molar-refractivity contribution in [2.24, 2.45) is 0 Å². The zero-order valence-corrected chi connectivity index (χ0v) is 30.9. The summed E-state index contributed by atoms with van der Waals surface area (Å²) in [5.74, 6) is 28.4. The molecular weight excluding hydrogens is 601 g/mol. The van der Waals surface area contributed by atoms with Gasteiger partial charge < -0.3 is 28.3 Å². The molecule has 0 aliphatic rings. The molecule has 0 saturated carbocycles. The molecule has 0 heterocycles. The fourth-order valence-electron chi connectivity index (χ4n) is 3.25. The summed E-state index contributed by atoms with van der Waals surface area (Å²) in [7, 11) is -5.32. The third-order valence-corrected chi connectivity index (χ3v) is 5.68. The van der Waals surface area contributed by atoms with Crippen molar-refractivity contribution in [2.75, 3.05) is 13.2 Å². The predicted octanol–water partition coefficient (Wildman–Crippen LogP) is -2.96. The average Bonchev–Trinajstić information content (AvgIpc) is 2.95. The summed E-state index contributed by atoms with van der Waals surface area (Å²) in [5, 5.41) is 0. The maximum Gasteiger partial charge on any atom is 1.00 e. The van der Waals surface area contributed by atoms with Gasteiger partial charge in [0.2, 0.25) is 0 Å². The van der Waals surface area contributed by atoms with Crippen molar-refractivity contribution < 1.29 is 97.1 Å². The molecular formula is C33H35Na2O8P. The molecule has 0 amide bonds. The van der Waals surface area contributed by atoms with E-state index in [1.807, 2.05) is 0 Å². The van der Waals surface area contributed by atoms with Gasteiger partial charge in [-0.25, -0.2) is 4.79 Å². The molecule has 0 bridgehead atoms. The van der Waals surface area contributed by atoms with Gasteiger partial charge in [-0.1, -0.05) is 77.6 Å². The van der Waals surface area contributed by atoms with Gasteiger partial charge in [0, 0.05) is 12.3 Å². The van der Waals surface area contributed by atoms with E-state index in [-0.39, 0.29) is 65.5 Å². The molecule has 0 spiro atoms. The maximum atomic E-state index is 12.2. The Balaban J connectivity index is -0.00000840. The summed E-state index contributed by atoms with van der Waals surface area (Å²) in [6.45, 7) is 0.861. The second kappa shape index (κ2) is 33.9. The fraction of sp³-hybridized carbons (Fsp3) is 0.515. The molecule has 0 aliphatic carbocycles. The van der Waals surface area contributed by atoms with Gasteiger partial charge in [0.1, 0.15) is 6.61 Å². The van der Waals surface area contributed by atoms with Gasteiger partial charge in [-0.3, -0.25) is 4.79 Å². The Bertz CT molecular complexity index is 1310. The first-order valence-corrected chi connectivity index (χ1v) is 15.2. The Hall–Kier alpha value is -2.03. The van der Waals surface area contributed by atoms with Crippen LogP contribution in [0.4, 0.5) is 0 Å². The molecule has 0 radical (unpaired) electrons. The molecule has 0 aromatic rings.